The second-order valence-corrected chi connectivity index (χ2v) is 24.0. The van der Waals surface area contributed by atoms with Gasteiger partial charge in [0.05, 0.1) is 49.8 Å². The summed E-state index contributed by atoms with van der Waals surface area (Å²) in [4.78, 5) is 69.5. The predicted octanol–water partition coefficient (Wildman–Crippen LogP) is 7.58. The molecular formula is C57H108N4O14S2. The Morgan fingerprint density at radius 3 is 1.16 bits per heavy atom. The van der Waals surface area contributed by atoms with Crippen LogP contribution in [0, 0.1) is 0 Å². The van der Waals surface area contributed by atoms with Crippen LogP contribution in [-0.4, -0.2) is 216 Å². The van der Waals surface area contributed by atoms with Gasteiger partial charge in [0, 0.05) is 109 Å². The van der Waals surface area contributed by atoms with Crippen molar-refractivity contribution in [2.45, 2.75) is 226 Å². The Balaban J connectivity index is 2.44. The number of aliphatic hydroxyl groups excluding tert-OH is 4. The smallest absolute Gasteiger partial charge is 0.306 e. The maximum absolute atomic E-state index is 12.8. The molecule has 77 heavy (non-hydrogen) atoms. The fourth-order valence-electron chi connectivity index (χ4n) is 8.79. The van der Waals surface area contributed by atoms with Crippen LogP contribution in [0.3, 0.4) is 0 Å². The number of aliphatic hydroxyl groups is 4. The molecule has 1 aliphatic rings. The lowest BCUT2D eigenvalue weighted by Gasteiger charge is -2.34. The van der Waals surface area contributed by atoms with Gasteiger partial charge in [-0.3, -0.25) is 43.6 Å². The second kappa shape index (κ2) is 48.4. The minimum Gasteiger partial charge on any atom is -0.466 e. The monoisotopic (exact) mass is 1140 g/mol. The van der Waals surface area contributed by atoms with Gasteiger partial charge < -0.3 is 44.1 Å². The fraction of sp³-hybridized carbons (Fsp3) is 0.912. The van der Waals surface area contributed by atoms with Crippen LogP contribution in [0.5, 0.6) is 0 Å². The third kappa shape index (κ3) is 45.1. The van der Waals surface area contributed by atoms with Crippen LogP contribution >= 0.6 is 21.6 Å². The van der Waals surface area contributed by atoms with E-state index in [2.05, 4.69) is 14.7 Å². The number of rotatable bonds is 51. The van der Waals surface area contributed by atoms with Crippen LogP contribution in [0.4, 0.5) is 0 Å². The zero-order valence-corrected chi connectivity index (χ0v) is 50.4. The molecule has 4 unspecified atom stereocenters. The van der Waals surface area contributed by atoms with E-state index in [-0.39, 0.29) is 48.5 Å². The Labute approximate surface area is 472 Å². The summed E-state index contributed by atoms with van der Waals surface area (Å²) in [6.07, 6.45) is 11.4. The first kappa shape index (κ1) is 72.7. The minimum absolute atomic E-state index is 0.139. The third-order valence-electron chi connectivity index (χ3n) is 13.1. The Kier molecular flexibility index (Phi) is 45.8. The lowest BCUT2D eigenvalue weighted by molar-refractivity contribution is -0.148. The highest BCUT2D eigenvalue weighted by Crippen LogP contribution is 2.23. The van der Waals surface area contributed by atoms with Crippen molar-refractivity contribution < 1.29 is 68.1 Å². The molecule has 0 aromatic rings. The van der Waals surface area contributed by atoms with Crippen molar-refractivity contribution in [2.24, 2.45) is 0 Å². The normalized spacial score (nSPS) is 15.0. The molecule has 4 N–H and O–H groups in total. The van der Waals surface area contributed by atoms with Gasteiger partial charge in [-0.2, -0.15) is 0 Å². The van der Waals surface area contributed by atoms with E-state index in [9.17, 15) is 44.4 Å². The number of unbranched alkanes of at least 4 members (excludes halogenated alkanes) is 6. The number of hydrogen-bond donors (Lipinski definition) is 4. The maximum atomic E-state index is 12.8. The van der Waals surface area contributed by atoms with E-state index in [1.54, 1.807) is 0 Å². The molecule has 0 spiro atoms. The van der Waals surface area contributed by atoms with Gasteiger partial charge in [0.15, 0.2) is 0 Å². The van der Waals surface area contributed by atoms with Crippen LogP contribution in [0.25, 0.3) is 0 Å². The summed E-state index contributed by atoms with van der Waals surface area (Å²) in [5, 5.41) is 43.6. The van der Waals surface area contributed by atoms with Crippen LogP contribution in [0.2, 0.25) is 0 Å². The van der Waals surface area contributed by atoms with Crippen molar-refractivity contribution in [3.05, 3.63) is 0 Å². The van der Waals surface area contributed by atoms with E-state index in [0.29, 0.717) is 168 Å². The van der Waals surface area contributed by atoms with Crippen LogP contribution < -0.4 is 0 Å². The van der Waals surface area contributed by atoms with Crippen molar-refractivity contribution in [3.8, 4) is 0 Å². The van der Waals surface area contributed by atoms with Gasteiger partial charge >= 0.3 is 29.8 Å². The summed E-state index contributed by atoms with van der Waals surface area (Å²) >= 11 is 0. The largest absolute Gasteiger partial charge is 0.466 e. The quantitative estimate of drug-likeness (QED) is 0.0199. The molecule has 1 saturated heterocycles. The molecular weight excluding hydrogens is 1030 g/mol. The van der Waals surface area contributed by atoms with Crippen molar-refractivity contribution in [1.82, 2.24) is 19.6 Å². The number of piperazine rings is 1. The van der Waals surface area contributed by atoms with Gasteiger partial charge in [0.2, 0.25) is 0 Å². The summed E-state index contributed by atoms with van der Waals surface area (Å²) < 4.78 is 26.5. The molecule has 0 aliphatic carbocycles. The summed E-state index contributed by atoms with van der Waals surface area (Å²) in [6.45, 7) is 20.8. The zero-order chi connectivity index (χ0) is 56.9. The van der Waals surface area contributed by atoms with E-state index >= 15 is 0 Å². The molecule has 452 valence electrons. The summed E-state index contributed by atoms with van der Waals surface area (Å²) in [6, 6.07) is 0. The number of hydrogen-bond acceptors (Lipinski definition) is 20. The Morgan fingerprint density at radius 1 is 0.429 bits per heavy atom. The Bertz CT molecular complexity index is 1420. The molecule has 0 aromatic carbocycles. The number of ether oxygens (including phenoxy) is 5. The lowest BCUT2D eigenvalue weighted by Crippen LogP contribution is -2.47. The molecule has 0 amide bonds. The molecule has 0 bridgehead atoms. The van der Waals surface area contributed by atoms with Crippen molar-refractivity contribution in [3.63, 3.8) is 0 Å². The van der Waals surface area contributed by atoms with Crippen LogP contribution in [0.1, 0.15) is 189 Å². The lowest BCUT2D eigenvalue weighted by atomic mass is 10.1. The second-order valence-electron chi connectivity index (χ2n) is 21.3. The SMILES string of the molecule is CCCCOC(=O)CCCCC(O)CN(CCCC(=O)OCCN1CCN(CCSSCCCN(CC(O)CCCCC(=O)OC(C)C)CC(O)CCCCC(=O)OC(C)C)CC1)CC(O)CCCCC(=O)OCCCC. The highest BCUT2D eigenvalue weighted by Gasteiger charge is 2.21. The average molecular weight is 1140 g/mol. The van der Waals surface area contributed by atoms with E-state index in [1.807, 2.05) is 68.0 Å². The van der Waals surface area contributed by atoms with E-state index in [1.165, 1.54) is 0 Å². The number of carbonyl (C=O) groups excluding carboxylic acids is 5. The Hall–Kier alpha value is -2.27. The summed E-state index contributed by atoms with van der Waals surface area (Å²) in [5.41, 5.74) is 0. The molecule has 0 aromatic heterocycles. The highest BCUT2D eigenvalue weighted by molar-refractivity contribution is 8.76. The predicted molar refractivity (Wildman–Crippen MR) is 308 cm³/mol. The van der Waals surface area contributed by atoms with E-state index in [0.717, 1.165) is 82.9 Å². The highest BCUT2D eigenvalue weighted by atomic mass is 33.1. The van der Waals surface area contributed by atoms with Crippen molar-refractivity contribution in [1.29, 1.82) is 0 Å². The third-order valence-corrected chi connectivity index (χ3v) is 15.5. The molecule has 1 heterocycles. The van der Waals surface area contributed by atoms with Gasteiger partial charge in [-0.05, 0) is 118 Å². The molecule has 4 atom stereocenters. The van der Waals surface area contributed by atoms with E-state index < -0.39 is 24.4 Å². The molecule has 0 saturated carbocycles. The van der Waals surface area contributed by atoms with Gasteiger partial charge in [0.25, 0.3) is 0 Å². The topological polar surface area (TPSA) is 225 Å². The average Bonchev–Trinajstić information content (AvgIpc) is 3.36. The zero-order valence-electron chi connectivity index (χ0n) is 48.7. The molecule has 1 aliphatic heterocycles. The fourth-order valence-corrected chi connectivity index (χ4v) is 10.9. The summed E-state index contributed by atoms with van der Waals surface area (Å²) in [5.74, 6) is 0.839. The molecule has 1 rings (SSSR count). The molecule has 1 fully saturated rings. The van der Waals surface area contributed by atoms with E-state index in [4.69, 9.17) is 23.7 Å². The first-order valence-corrected chi connectivity index (χ1v) is 32.2. The minimum atomic E-state index is -0.647. The van der Waals surface area contributed by atoms with Gasteiger partial charge in [0.1, 0.15) is 6.61 Å². The van der Waals surface area contributed by atoms with Crippen molar-refractivity contribution >= 4 is 51.4 Å². The van der Waals surface area contributed by atoms with Gasteiger partial charge in [-0.1, -0.05) is 74.0 Å². The number of nitrogens with zero attached hydrogens (tertiary/aromatic N) is 4. The van der Waals surface area contributed by atoms with Crippen LogP contribution in [-0.2, 0) is 47.7 Å². The van der Waals surface area contributed by atoms with Gasteiger partial charge in [-0.15, -0.1) is 0 Å². The molecule has 0 radical (unpaired) electrons. The molecule has 18 nitrogen and oxygen atoms in total. The van der Waals surface area contributed by atoms with Crippen molar-refractivity contribution in [2.75, 3.05) is 110 Å². The first-order chi connectivity index (χ1) is 37.0. The first-order valence-electron chi connectivity index (χ1n) is 29.7. The number of carbonyl (C=O) groups is 5. The Morgan fingerprint density at radius 2 is 0.766 bits per heavy atom. The standard InChI is InChI=1S/C57H108N4O14S2/c1-7-9-38-71-53(66)25-15-11-21-49(62)43-60(44-50(63)22-12-16-26-54(67)72-39-10-8-2)30-19-29-55(68)73-40-36-58-32-34-59(35-33-58)37-42-77-76-41-20-31-61(45-51(64)23-13-17-27-56(69)74-47(3)4)46-52(65)24-14-18-28-57(70)75-48(5)6/h47-52,62-65H,7-46H2,1-6H3. The van der Waals surface area contributed by atoms with Crippen LogP contribution in [0.15, 0.2) is 0 Å². The van der Waals surface area contributed by atoms with Gasteiger partial charge in [-0.25, -0.2) is 0 Å². The maximum Gasteiger partial charge on any atom is 0.306 e. The summed E-state index contributed by atoms with van der Waals surface area (Å²) in [7, 11) is 3.71. The molecule has 20 heteroatoms. The number of esters is 5.